The van der Waals surface area contributed by atoms with Crippen LogP contribution in [0.5, 0.6) is 0 Å². The van der Waals surface area contributed by atoms with Crippen LogP contribution in [0.2, 0.25) is 0 Å². The Labute approximate surface area is 192 Å². The Morgan fingerprint density at radius 3 is 2.72 bits per heavy atom. The summed E-state index contributed by atoms with van der Waals surface area (Å²) in [6.07, 6.45) is 7.27. The lowest BCUT2D eigenvalue weighted by molar-refractivity contribution is -0.146. The number of ether oxygens (including phenoxy) is 2. The van der Waals surface area contributed by atoms with Crippen molar-refractivity contribution in [3.8, 4) is 0 Å². The molecule has 3 heterocycles. The Morgan fingerprint density at radius 2 is 1.94 bits per heavy atom. The molecular formula is C27H38N2O3. The van der Waals surface area contributed by atoms with Gasteiger partial charge < -0.3 is 14.8 Å². The summed E-state index contributed by atoms with van der Waals surface area (Å²) in [4.78, 5) is 15.4. The number of esters is 1. The quantitative estimate of drug-likeness (QED) is 0.560. The van der Waals surface area contributed by atoms with Crippen LogP contribution in [0, 0.1) is 23.2 Å². The smallest absolute Gasteiger partial charge is 0.311 e. The zero-order valence-corrected chi connectivity index (χ0v) is 19.6. The van der Waals surface area contributed by atoms with Gasteiger partial charge in [0.1, 0.15) is 11.7 Å². The number of hydrogen-bond acceptors (Lipinski definition) is 5. The molecule has 5 aliphatic rings. The van der Waals surface area contributed by atoms with Gasteiger partial charge in [-0.1, -0.05) is 50.6 Å². The van der Waals surface area contributed by atoms with E-state index >= 15 is 0 Å². The van der Waals surface area contributed by atoms with Gasteiger partial charge in [0.2, 0.25) is 0 Å². The molecule has 5 heteroatoms. The Hall–Kier alpha value is -1.43. The molecular weight excluding hydrogens is 400 g/mol. The SMILES string of the molecule is C[C@H]1CCC[C@]2(C)C[C@H]3OC(=O)[C@H](CNC4CCN(Cc5ccccc5)CC4)[C@H]3[C@@H]3O[C@]132. The van der Waals surface area contributed by atoms with Gasteiger partial charge in [-0.25, -0.2) is 0 Å². The van der Waals surface area contributed by atoms with Crippen LogP contribution in [0.1, 0.15) is 57.9 Å². The minimum absolute atomic E-state index is 0.00141. The van der Waals surface area contributed by atoms with E-state index in [2.05, 4.69) is 54.4 Å². The fourth-order valence-corrected chi connectivity index (χ4v) is 7.90. The van der Waals surface area contributed by atoms with Crippen LogP contribution in [-0.2, 0) is 20.8 Å². The molecule has 0 unspecified atom stereocenters. The van der Waals surface area contributed by atoms with Crippen molar-refractivity contribution >= 4 is 5.97 Å². The van der Waals surface area contributed by atoms with Crippen LogP contribution in [0.15, 0.2) is 30.3 Å². The Kier molecular flexibility index (Phi) is 5.16. The van der Waals surface area contributed by atoms with Gasteiger partial charge in [0.25, 0.3) is 0 Å². The fourth-order valence-electron chi connectivity index (χ4n) is 7.90. The first kappa shape index (κ1) is 21.1. The number of likely N-dealkylation sites (tertiary alicyclic amines) is 1. The highest BCUT2D eigenvalue weighted by molar-refractivity contribution is 5.76. The summed E-state index contributed by atoms with van der Waals surface area (Å²) in [5.41, 5.74) is 1.56. The summed E-state index contributed by atoms with van der Waals surface area (Å²) in [5, 5.41) is 3.76. The summed E-state index contributed by atoms with van der Waals surface area (Å²) < 4.78 is 12.6. The van der Waals surface area contributed by atoms with Gasteiger partial charge >= 0.3 is 5.97 Å². The number of epoxide rings is 1. The number of nitrogens with zero attached hydrogens (tertiary/aromatic N) is 1. The topological polar surface area (TPSA) is 54.1 Å². The van der Waals surface area contributed by atoms with Crippen molar-refractivity contribution in [1.29, 1.82) is 0 Å². The maximum absolute atomic E-state index is 12.9. The lowest BCUT2D eigenvalue weighted by Crippen LogP contribution is -2.55. The van der Waals surface area contributed by atoms with Crippen LogP contribution >= 0.6 is 0 Å². The molecule has 174 valence electrons. The summed E-state index contributed by atoms with van der Waals surface area (Å²) in [5.74, 6) is 0.784. The van der Waals surface area contributed by atoms with Crippen molar-refractivity contribution in [3.05, 3.63) is 35.9 Å². The molecule has 1 N–H and O–H groups in total. The zero-order valence-electron chi connectivity index (χ0n) is 19.6. The van der Waals surface area contributed by atoms with Crippen molar-refractivity contribution in [1.82, 2.24) is 10.2 Å². The van der Waals surface area contributed by atoms with Gasteiger partial charge in [0.05, 0.1) is 12.0 Å². The molecule has 5 nitrogen and oxygen atoms in total. The van der Waals surface area contributed by atoms with Gasteiger partial charge in [-0.2, -0.15) is 0 Å². The Balaban J connectivity index is 1.06. The van der Waals surface area contributed by atoms with Crippen LogP contribution in [-0.4, -0.2) is 54.4 Å². The summed E-state index contributed by atoms with van der Waals surface area (Å²) in [7, 11) is 0. The van der Waals surface area contributed by atoms with E-state index in [9.17, 15) is 4.79 Å². The molecule has 7 atom stereocenters. The third-order valence-electron chi connectivity index (χ3n) is 9.66. The molecule has 3 aliphatic heterocycles. The summed E-state index contributed by atoms with van der Waals surface area (Å²) >= 11 is 0. The standard InChI is InChI=1S/C27H38N2O3/c1-18-7-6-12-26(2)15-22-23(24-27(18,26)32-24)21(25(30)31-22)16-28-20-10-13-29(14-11-20)17-19-8-4-3-5-9-19/h3-5,8-9,18,20-24,28H,6-7,10-17H2,1-2H3/t18-,21+,22+,23+,24-,26+,27+/m0/s1. The molecule has 0 bridgehead atoms. The Morgan fingerprint density at radius 1 is 1.16 bits per heavy atom. The van der Waals surface area contributed by atoms with Crippen molar-refractivity contribution in [2.45, 2.75) is 82.8 Å². The van der Waals surface area contributed by atoms with Crippen LogP contribution in [0.25, 0.3) is 0 Å². The average molecular weight is 439 g/mol. The highest BCUT2D eigenvalue weighted by Crippen LogP contribution is 2.70. The number of benzene rings is 1. The van der Waals surface area contributed by atoms with Gasteiger partial charge in [-0.15, -0.1) is 0 Å². The minimum Gasteiger partial charge on any atom is -0.462 e. The van der Waals surface area contributed by atoms with E-state index in [0.717, 1.165) is 45.4 Å². The maximum Gasteiger partial charge on any atom is 0.311 e. The molecule has 32 heavy (non-hydrogen) atoms. The summed E-state index contributed by atoms with van der Waals surface area (Å²) in [6.45, 7) is 8.75. The first-order chi connectivity index (χ1) is 15.5. The molecule has 2 aliphatic carbocycles. The third kappa shape index (κ3) is 3.26. The number of rotatable bonds is 5. The third-order valence-corrected chi connectivity index (χ3v) is 9.66. The summed E-state index contributed by atoms with van der Waals surface area (Å²) in [6, 6.07) is 11.2. The first-order valence-corrected chi connectivity index (χ1v) is 12.9. The van der Waals surface area contributed by atoms with Gasteiger partial charge in [0, 0.05) is 30.5 Å². The predicted octanol–water partition coefficient (Wildman–Crippen LogP) is 3.77. The number of carbonyl (C=O) groups excluding carboxylic acids is 1. The van der Waals surface area contributed by atoms with E-state index < -0.39 is 0 Å². The Bertz CT molecular complexity index is 854. The molecule has 6 rings (SSSR count). The van der Waals surface area contributed by atoms with Crippen molar-refractivity contribution in [2.75, 3.05) is 19.6 Å². The van der Waals surface area contributed by atoms with Crippen molar-refractivity contribution < 1.29 is 14.3 Å². The fraction of sp³-hybridized carbons (Fsp3) is 0.741. The minimum atomic E-state index is -0.0506. The molecule has 0 aromatic heterocycles. The van der Waals surface area contributed by atoms with E-state index in [1.54, 1.807) is 0 Å². The van der Waals surface area contributed by atoms with E-state index in [-0.39, 0.29) is 41.0 Å². The highest BCUT2D eigenvalue weighted by Gasteiger charge is 2.78. The van der Waals surface area contributed by atoms with Crippen molar-refractivity contribution in [2.24, 2.45) is 23.2 Å². The highest BCUT2D eigenvalue weighted by atomic mass is 16.6. The monoisotopic (exact) mass is 438 g/mol. The predicted molar refractivity (Wildman–Crippen MR) is 123 cm³/mol. The molecule has 3 saturated heterocycles. The molecule has 0 amide bonds. The number of hydrogen-bond donors (Lipinski definition) is 1. The van der Waals surface area contributed by atoms with Gasteiger partial charge in [-0.05, 0) is 56.7 Å². The molecule has 1 aromatic carbocycles. The number of carbonyl (C=O) groups is 1. The lowest BCUT2D eigenvalue weighted by atomic mass is 9.53. The second kappa shape index (κ2) is 7.82. The molecule has 2 saturated carbocycles. The van der Waals surface area contributed by atoms with Gasteiger partial charge in [0.15, 0.2) is 0 Å². The maximum atomic E-state index is 12.9. The second-order valence-electron chi connectivity index (χ2n) is 11.5. The molecule has 1 aromatic rings. The van der Waals surface area contributed by atoms with E-state index in [0.29, 0.717) is 12.0 Å². The molecule has 1 spiro atoms. The van der Waals surface area contributed by atoms with Crippen LogP contribution < -0.4 is 5.32 Å². The molecule has 5 fully saturated rings. The second-order valence-corrected chi connectivity index (χ2v) is 11.5. The number of piperidine rings is 1. The van der Waals surface area contributed by atoms with E-state index in [4.69, 9.17) is 9.47 Å². The van der Waals surface area contributed by atoms with E-state index in [1.807, 2.05) is 0 Å². The normalized spacial score (nSPS) is 43.8. The molecule has 0 radical (unpaired) electrons. The number of nitrogens with one attached hydrogen (secondary N) is 1. The first-order valence-electron chi connectivity index (χ1n) is 12.9. The zero-order chi connectivity index (χ0) is 21.9. The van der Waals surface area contributed by atoms with Crippen LogP contribution in [0.4, 0.5) is 0 Å². The van der Waals surface area contributed by atoms with Crippen LogP contribution in [0.3, 0.4) is 0 Å². The number of fused-ring (bicyclic) bond motifs is 2. The van der Waals surface area contributed by atoms with Gasteiger partial charge in [-0.3, -0.25) is 9.69 Å². The largest absolute Gasteiger partial charge is 0.462 e. The average Bonchev–Trinajstić information content (AvgIpc) is 3.47. The lowest BCUT2D eigenvalue weighted by Gasteiger charge is -2.48. The van der Waals surface area contributed by atoms with Crippen molar-refractivity contribution in [3.63, 3.8) is 0 Å². The van der Waals surface area contributed by atoms with E-state index in [1.165, 1.54) is 24.8 Å².